The van der Waals surface area contributed by atoms with Crippen molar-refractivity contribution < 1.29 is 5.11 Å². The van der Waals surface area contributed by atoms with Crippen molar-refractivity contribution in [1.82, 2.24) is 9.80 Å². The van der Waals surface area contributed by atoms with Crippen LogP contribution in [-0.4, -0.2) is 53.8 Å². The van der Waals surface area contributed by atoms with Crippen molar-refractivity contribution >= 4 is 0 Å². The molecule has 1 atom stereocenters. The molecule has 1 aliphatic rings. The molecule has 4 nitrogen and oxygen atoms in total. The van der Waals surface area contributed by atoms with Crippen molar-refractivity contribution in [3.05, 3.63) is 29.8 Å². The molecule has 3 N–H and O–H groups in total. The molecule has 1 unspecified atom stereocenters. The third-order valence-corrected chi connectivity index (χ3v) is 3.70. The fraction of sp³-hybridized carbons (Fsp3) is 0.571. The number of rotatable bonds is 3. The van der Waals surface area contributed by atoms with E-state index in [4.69, 9.17) is 5.73 Å². The highest BCUT2D eigenvalue weighted by Gasteiger charge is 2.29. The molecule has 0 amide bonds. The Morgan fingerprint density at radius 3 is 2.56 bits per heavy atom. The molecule has 1 heterocycles. The van der Waals surface area contributed by atoms with E-state index in [1.54, 1.807) is 12.1 Å². The Labute approximate surface area is 109 Å². The van der Waals surface area contributed by atoms with Gasteiger partial charge in [-0.05, 0) is 31.7 Å². The first-order valence-electron chi connectivity index (χ1n) is 6.48. The molecule has 0 spiro atoms. The van der Waals surface area contributed by atoms with E-state index in [2.05, 4.69) is 23.8 Å². The molecule has 1 aromatic rings. The average molecular weight is 249 g/mol. The van der Waals surface area contributed by atoms with Gasteiger partial charge < -0.3 is 15.7 Å². The summed E-state index contributed by atoms with van der Waals surface area (Å²) in [7, 11) is 2.14. The second-order valence-corrected chi connectivity index (χ2v) is 5.49. The van der Waals surface area contributed by atoms with Gasteiger partial charge in [0.1, 0.15) is 5.75 Å². The minimum atomic E-state index is -0.352. The summed E-state index contributed by atoms with van der Waals surface area (Å²) in [6.07, 6.45) is 0.755. The van der Waals surface area contributed by atoms with Crippen LogP contribution in [0.25, 0.3) is 0 Å². The van der Waals surface area contributed by atoms with Crippen LogP contribution in [0.5, 0.6) is 5.75 Å². The Morgan fingerprint density at radius 2 is 1.94 bits per heavy atom. The Hall–Kier alpha value is -1.10. The van der Waals surface area contributed by atoms with Crippen molar-refractivity contribution in [3.8, 4) is 5.75 Å². The Balaban J connectivity index is 2.02. The van der Waals surface area contributed by atoms with Crippen molar-refractivity contribution in [2.75, 3.05) is 33.2 Å². The lowest BCUT2D eigenvalue weighted by molar-refractivity contribution is 0.0546. The van der Waals surface area contributed by atoms with Crippen molar-refractivity contribution in [2.24, 2.45) is 5.73 Å². The van der Waals surface area contributed by atoms with E-state index in [9.17, 15) is 5.11 Å². The van der Waals surface area contributed by atoms with Gasteiger partial charge in [-0.1, -0.05) is 12.1 Å². The van der Waals surface area contributed by atoms with Crippen LogP contribution in [0.4, 0.5) is 0 Å². The highest BCUT2D eigenvalue weighted by Crippen LogP contribution is 2.20. The van der Waals surface area contributed by atoms with Crippen LogP contribution in [0, 0.1) is 0 Å². The third kappa shape index (κ3) is 3.22. The maximum atomic E-state index is 9.49. The Morgan fingerprint density at radius 1 is 1.28 bits per heavy atom. The third-order valence-electron chi connectivity index (χ3n) is 3.70. The van der Waals surface area contributed by atoms with Gasteiger partial charge in [-0.25, -0.2) is 0 Å². The smallest absolute Gasteiger partial charge is 0.115 e. The number of piperazine rings is 1. The number of hydrogen-bond acceptors (Lipinski definition) is 4. The highest BCUT2D eigenvalue weighted by atomic mass is 16.3. The first-order chi connectivity index (χ1) is 8.47. The van der Waals surface area contributed by atoms with E-state index in [1.165, 1.54) is 0 Å². The predicted octanol–water partition coefficient (Wildman–Crippen LogP) is 0.857. The standard InChI is InChI=1S/C14H23N3O/c1-14(15,17-8-6-16(2)7-9-17)11-12-4-3-5-13(18)10-12/h3-5,10,18H,6-9,11,15H2,1-2H3. The number of phenols is 1. The van der Waals surface area contributed by atoms with Gasteiger partial charge in [-0.15, -0.1) is 0 Å². The zero-order chi connectivity index (χ0) is 13.2. The molecule has 1 fully saturated rings. The number of nitrogens with zero attached hydrogens (tertiary/aromatic N) is 2. The summed E-state index contributed by atoms with van der Waals surface area (Å²) in [5, 5.41) is 9.49. The van der Waals surface area contributed by atoms with E-state index >= 15 is 0 Å². The first kappa shape index (κ1) is 13.3. The zero-order valence-corrected chi connectivity index (χ0v) is 11.3. The number of phenolic OH excluding ortho intramolecular Hbond substituents is 1. The van der Waals surface area contributed by atoms with Crippen molar-refractivity contribution in [2.45, 2.75) is 19.0 Å². The summed E-state index contributed by atoms with van der Waals surface area (Å²) >= 11 is 0. The van der Waals surface area contributed by atoms with Crippen LogP contribution in [0.3, 0.4) is 0 Å². The average Bonchev–Trinajstić information content (AvgIpc) is 2.29. The van der Waals surface area contributed by atoms with E-state index in [1.807, 2.05) is 12.1 Å². The quantitative estimate of drug-likeness (QED) is 0.834. The molecular weight excluding hydrogens is 226 g/mol. The topological polar surface area (TPSA) is 52.7 Å². The van der Waals surface area contributed by atoms with Gasteiger partial charge in [-0.3, -0.25) is 4.90 Å². The van der Waals surface area contributed by atoms with E-state index in [0.717, 1.165) is 38.2 Å². The molecule has 1 saturated heterocycles. The van der Waals surface area contributed by atoms with E-state index in [0.29, 0.717) is 5.75 Å². The molecule has 0 aliphatic carbocycles. The largest absolute Gasteiger partial charge is 0.508 e. The minimum Gasteiger partial charge on any atom is -0.508 e. The Bertz CT molecular complexity index is 398. The molecule has 4 heteroatoms. The summed E-state index contributed by atoms with van der Waals surface area (Å²) in [4.78, 5) is 4.65. The van der Waals surface area contributed by atoms with Crippen LogP contribution in [-0.2, 0) is 6.42 Å². The number of hydrogen-bond donors (Lipinski definition) is 2. The highest BCUT2D eigenvalue weighted by molar-refractivity contribution is 5.28. The summed E-state index contributed by atoms with van der Waals surface area (Å²) in [6.45, 7) is 6.20. The van der Waals surface area contributed by atoms with Gasteiger partial charge in [0.25, 0.3) is 0 Å². The SMILES string of the molecule is CN1CCN(C(C)(N)Cc2cccc(O)c2)CC1. The molecule has 2 rings (SSSR count). The van der Waals surface area contributed by atoms with Gasteiger partial charge in [-0.2, -0.15) is 0 Å². The maximum Gasteiger partial charge on any atom is 0.115 e. The molecule has 100 valence electrons. The van der Waals surface area contributed by atoms with Crippen LogP contribution in [0.1, 0.15) is 12.5 Å². The van der Waals surface area contributed by atoms with Gasteiger partial charge in [0.05, 0.1) is 5.66 Å². The van der Waals surface area contributed by atoms with Crippen LogP contribution < -0.4 is 5.73 Å². The van der Waals surface area contributed by atoms with Crippen molar-refractivity contribution in [3.63, 3.8) is 0 Å². The van der Waals surface area contributed by atoms with Crippen LogP contribution >= 0.6 is 0 Å². The summed E-state index contributed by atoms with van der Waals surface area (Å²) in [6, 6.07) is 7.36. The van der Waals surface area contributed by atoms with Gasteiger partial charge in [0.15, 0.2) is 0 Å². The van der Waals surface area contributed by atoms with Crippen LogP contribution in [0.15, 0.2) is 24.3 Å². The second kappa shape index (κ2) is 5.26. The lowest BCUT2D eigenvalue weighted by atomic mass is 9.99. The minimum absolute atomic E-state index is 0.307. The predicted molar refractivity (Wildman–Crippen MR) is 73.5 cm³/mol. The first-order valence-corrected chi connectivity index (χ1v) is 6.48. The van der Waals surface area contributed by atoms with Gasteiger partial charge >= 0.3 is 0 Å². The number of benzene rings is 1. The molecule has 1 aromatic carbocycles. The molecule has 0 aromatic heterocycles. The number of aromatic hydroxyl groups is 1. The molecule has 0 radical (unpaired) electrons. The number of likely N-dealkylation sites (N-methyl/N-ethyl adjacent to an activating group) is 1. The summed E-state index contributed by atoms with van der Waals surface area (Å²) in [5.41, 5.74) is 7.18. The molecular formula is C14H23N3O. The normalized spacial score (nSPS) is 21.7. The van der Waals surface area contributed by atoms with Crippen molar-refractivity contribution in [1.29, 1.82) is 0 Å². The van der Waals surface area contributed by atoms with Crippen LogP contribution in [0.2, 0.25) is 0 Å². The van der Waals surface area contributed by atoms with E-state index in [-0.39, 0.29) is 5.66 Å². The Kier molecular flexibility index (Phi) is 3.90. The summed E-state index contributed by atoms with van der Waals surface area (Å²) in [5.74, 6) is 0.307. The fourth-order valence-corrected chi connectivity index (χ4v) is 2.51. The molecule has 18 heavy (non-hydrogen) atoms. The zero-order valence-electron chi connectivity index (χ0n) is 11.3. The monoisotopic (exact) mass is 249 g/mol. The molecule has 0 bridgehead atoms. The lowest BCUT2D eigenvalue weighted by Gasteiger charge is -2.43. The van der Waals surface area contributed by atoms with Gasteiger partial charge in [0, 0.05) is 32.6 Å². The second-order valence-electron chi connectivity index (χ2n) is 5.49. The molecule has 1 aliphatic heterocycles. The number of nitrogens with two attached hydrogens (primary N) is 1. The maximum absolute atomic E-state index is 9.49. The molecule has 0 saturated carbocycles. The van der Waals surface area contributed by atoms with E-state index < -0.39 is 0 Å². The fourth-order valence-electron chi connectivity index (χ4n) is 2.51. The lowest BCUT2D eigenvalue weighted by Crippen LogP contribution is -2.60. The van der Waals surface area contributed by atoms with Gasteiger partial charge in [0.2, 0.25) is 0 Å². The summed E-state index contributed by atoms with van der Waals surface area (Å²) < 4.78 is 0.